The summed E-state index contributed by atoms with van der Waals surface area (Å²) >= 11 is 0. The summed E-state index contributed by atoms with van der Waals surface area (Å²) in [5.41, 5.74) is 1.15. The van der Waals surface area contributed by atoms with E-state index in [-0.39, 0.29) is 41.3 Å². The van der Waals surface area contributed by atoms with Crippen molar-refractivity contribution in [2.45, 2.75) is 68.8 Å². The summed E-state index contributed by atoms with van der Waals surface area (Å²) in [7, 11) is -3.99. The van der Waals surface area contributed by atoms with Gasteiger partial charge >= 0.3 is 0 Å². The molecule has 36 heavy (non-hydrogen) atoms. The van der Waals surface area contributed by atoms with E-state index in [4.69, 9.17) is 0 Å². The van der Waals surface area contributed by atoms with E-state index >= 15 is 0 Å². The average molecular weight is 512 g/mol. The van der Waals surface area contributed by atoms with E-state index in [0.717, 1.165) is 35.6 Å². The fraction of sp³-hybridized carbons (Fsp3) is 0.444. The molecular weight excluding hydrogens is 478 g/mol. The number of rotatable bonds is 9. The van der Waals surface area contributed by atoms with Crippen LogP contribution in [0.25, 0.3) is 0 Å². The lowest BCUT2D eigenvalue weighted by Gasteiger charge is -2.31. The average Bonchev–Trinajstić information content (AvgIpc) is 3.08. The van der Waals surface area contributed by atoms with Gasteiger partial charge in [-0.3, -0.25) is 14.4 Å². The van der Waals surface area contributed by atoms with Gasteiger partial charge in [-0.2, -0.15) is 0 Å². The van der Waals surface area contributed by atoms with Gasteiger partial charge in [0.1, 0.15) is 10.9 Å². The highest BCUT2D eigenvalue weighted by Crippen LogP contribution is 2.30. The van der Waals surface area contributed by atoms with Crippen molar-refractivity contribution in [1.82, 2.24) is 14.5 Å². The molecular formula is C27H33N3O5S. The molecule has 1 aliphatic heterocycles. The first-order chi connectivity index (χ1) is 17.3. The fourth-order valence-corrected chi connectivity index (χ4v) is 6.50. The topological polar surface area (TPSA) is 104 Å². The zero-order valence-corrected chi connectivity index (χ0v) is 21.4. The minimum atomic E-state index is -3.99. The van der Waals surface area contributed by atoms with Gasteiger partial charge in [-0.1, -0.05) is 61.7 Å². The lowest BCUT2D eigenvalue weighted by atomic mass is 9.95. The Morgan fingerprint density at radius 1 is 1.03 bits per heavy atom. The minimum absolute atomic E-state index is 0.0383. The van der Waals surface area contributed by atoms with E-state index < -0.39 is 22.0 Å². The third-order valence-corrected chi connectivity index (χ3v) is 8.88. The number of hydrogen-bond donors (Lipinski definition) is 1. The molecule has 0 saturated heterocycles. The Morgan fingerprint density at radius 2 is 1.69 bits per heavy atom. The van der Waals surface area contributed by atoms with Crippen LogP contribution in [-0.2, 0) is 26.0 Å². The number of nitrogens with one attached hydrogen (secondary N) is 1. The summed E-state index contributed by atoms with van der Waals surface area (Å²) in [6, 6.07) is 15.1. The van der Waals surface area contributed by atoms with Gasteiger partial charge in [-0.05, 0) is 43.9 Å². The van der Waals surface area contributed by atoms with E-state index in [0.29, 0.717) is 13.0 Å². The van der Waals surface area contributed by atoms with Gasteiger partial charge in [0.05, 0.1) is 5.56 Å². The van der Waals surface area contributed by atoms with Gasteiger partial charge in [0.15, 0.2) is 0 Å². The molecule has 4 rings (SSSR count). The summed E-state index contributed by atoms with van der Waals surface area (Å²) < 4.78 is 26.5. The monoisotopic (exact) mass is 511 g/mol. The van der Waals surface area contributed by atoms with Crippen molar-refractivity contribution >= 4 is 27.7 Å². The zero-order valence-electron chi connectivity index (χ0n) is 20.6. The second-order valence-electron chi connectivity index (χ2n) is 9.47. The number of fused-ring (bicyclic) bond motifs is 1. The first-order valence-corrected chi connectivity index (χ1v) is 14.0. The molecule has 1 atom stereocenters. The number of carbonyl (C=O) groups is 3. The van der Waals surface area contributed by atoms with E-state index in [1.54, 1.807) is 19.1 Å². The molecule has 192 valence electrons. The highest BCUT2D eigenvalue weighted by molar-refractivity contribution is 7.90. The molecule has 0 bridgehead atoms. The molecule has 1 fully saturated rings. The van der Waals surface area contributed by atoms with E-state index in [1.807, 2.05) is 30.3 Å². The Balaban J connectivity index is 1.45. The Labute approximate surface area is 212 Å². The molecule has 0 aromatic heterocycles. The van der Waals surface area contributed by atoms with Crippen molar-refractivity contribution in [3.05, 3.63) is 65.7 Å². The van der Waals surface area contributed by atoms with Gasteiger partial charge in [0.25, 0.3) is 15.9 Å². The predicted molar refractivity (Wildman–Crippen MR) is 136 cm³/mol. The van der Waals surface area contributed by atoms with Crippen molar-refractivity contribution in [1.29, 1.82) is 0 Å². The van der Waals surface area contributed by atoms with Gasteiger partial charge in [-0.15, -0.1) is 0 Å². The standard InChI is InChI=1S/C27H33N3O5S/c1-20(26(32)28-22-12-6-3-7-13-22)29(18-16-21-10-4-2-5-11-21)25(31)17-19-30-27(33)23-14-8-9-15-24(23)36(30,34)35/h2,4-5,8-11,14-15,20,22H,3,6-7,12-13,16-19H2,1H3,(H,28,32)/t20-/m0/s1. The van der Waals surface area contributed by atoms with Crippen molar-refractivity contribution in [3.63, 3.8) is 0 Å². The Bertz CT molecular complexity index is 1210. The molecule has 2 aliphatic rings. The zero-order chi connectivity index (χ0) is 25.7. The lowest BCUT2D eigenvalue weighted by molar-refractivity contribution is -0.140. The van der Waals surface area contributed by atoms with Gasteiger partial charge in [0.2, 0.25) is 11.8 Å². The van der Waals surface area contributed by atoms with E-state index in [2.05, 4.69) is 5.32 Å². The molecule has 1 aliphatic carbocycles. The van der Waals surface area contributed by atoms with Crippen LogP contribution in [-0.4, -0.2) is 60.5 Å². The van der Waals surface area contributed by atoms with Crippen LogP contribution < -0.4 is 5.32 Å². The number of hydrogen-bond acceptors (Lipinski definition) is 5. The first kappa shape index (κ1) is 25.9. The molecule has 1 N–H and O–H groups in total. The molecule has 2 aromatic carbocycles. The molecule has 8 nitrogen and oxygen atoms in total. The number of sulfonamides is 1. The molecule has 1 heterocycles. The fourth-order valence-electron chi connectivity index (χ4n) is 4.93. The highest BCUT2D eigenvalue weighted by atomic mass is 32.2. The van der Waals surface area contributed by atoms with E-state index in [1.165, 1.54) is 23.5 Å². The third kappa shape index (κ3) is 5.61. The third-order valence-electron chi connectivity index (χ3n) is 7.04. The van der Waals surface area contributed by atoms with Crippen molar-refractivity contribution < 1.29 is 22.8 Å². The maximum atomic E-state index is 13.4. The van der Waals surface area contributed by atoms with Crippen LogP contribution in [0.15, 0.2) is 59.5 Å². The molecule has 9 heteroatoms. The van der Waals surface area contributed by atoms with Crippen molar-refractivity contribution in [2.75, 3.05) is 13.1 Å². The molecule has 2 aromatic rings. The van der Waals surface area contributed by atoms with Gasteiger partial charge in [0, 0.05) is 25.6 Å². The quantitative estimate of drug-likeness (QED) is 0.557. The van der Waals surface area contributed by atoms with Crippen LogP contribution in [0.3, 0.4) is 0 Å². The molecule has 0 radical (unpaired) electrons. The largest absolute Gasteiger partial charge is 0.352 e. The highest BCUT2D eigenvalue weighted by Gasteiger charge is 2.41. The summed E-state index contributed by atoms with van der Waals surface area (Å²) in [6.07, 6.45) is 5.56. The minimum Gasteiger partial charge on any atom is -0.352 e. The molecule has 0 spiro atoms. The van der Waals surface area contributed by atoms with Crippen LogP contribution >= 0.6 is 0 Å². The summed E-state index contributed by atoms with van der Waals surface area (Å²) in [5.74, 6) is -1.20. The molecule has 0 unspecified atom stereocenters. The summed E-state index contributed by atoms with van der Waals surface area (Å²) in [5, 5.41) is 3.09. The summed E-state index contributed by atoms with van der Waals surface area (Å²) in [4.78, 5) is 40.6. The number of carbonyl (C=O) groups excluding carboxylic acids is 3. The van der Waals surface area contributed by atoms with Gasteiger partial charge in [-0.25, -0.2) is 12.7 Å². The van der Waals surface area contributed by atoms with E-state index in [9.17, 15) is 22.8 Å². The lowest BCUT2D eigenvalue weighted by Crippen LogP contribution is -2.51. The van der Waals surface area contributed by atoms with Crippen molar-refractivity contribution in [3.8, 4) is 0 Å². The van der Waals surface area contributed by atoms with Crippen molar-refractivity contribution in [2.24, 2.45) is 0 Å². The van der Waals surface area contributed by atoms with Crippen LogP contribution in [0.2, 0.25) is 0 Å². The Kier molecular flexibility index (Phi) is 8.08. The second-order valence-corrected chi connectivity index (χ2v) is 11.3. The number of amides is 3. The van der Waals surface area contributed by atoms with Crippen LogP contribution in [0.1, 0.15) is 61.4 Å². The van der Waals surface area contributed by atoms with Crippen LogP contribution in [0, 0.1) is 0 Å². The maximum absolute atomic E-state index is 13.4. The van der Waals surface area contributed by atoms with Crippen LogP contribution in [0.5, 0.6) is 0 Å². The number of nitrogens with zero attached hydrogens (tertiary/aromatic N) is 2. The second kappa shape index (κ2) is 11.2. The molecule has 3 amide bonds. The van der Waals surface area contributed by atoms with Gasteiger partial charge < -0.3 is 10.2 Å². The maximum Gasteiger partial charge on any atom is 0.269 e. The Hall–Kier alpha value is -3.20. The van der Waals surface area contributed by atoms with Crippen LogP contribution in [0.4, 0.5) is 0 Å². The first-order valence-electron chi connectivity index (χ1n) is 12.6. The summed E-state index contributed by atoms with van der Waals surface area (Å²) in [6.45, 7) is 1.74. The molecule has 1 saturated carbocycles. The normalized spacial score (nSPS) is 17.9. The Morgan fingerprint density at radius 3 is 2.39 bits per heavy atom. The predicted octanol–water partition coefficient (Wildman–Crippen LogP) is 3.13. The SMILES string of the molecule is C[C@@H](C(=O)NC1CCCCC1)N(CCc1ccccc1)C(=O)CCN1C(=O)c2ccccc2S1(=O)=O. The smallest absolute Gasteiger partial charge is 0.269 e. The number of benzene rings is 2.